The maximum absolute atomic E-state index is 12.9. The summed E-state index contributed by atoms with van der Waals surface area (Å²) in [7, 11) is 0. The van der Waals surface area contributed by atoms with Crippen LogP contribution in [0.2, 0.25) is 5.02 Å². The van der Waals surface area contributed by atoms with E-state index in [4.69, 9.17) is 11.6 Å². The molecule has 0 bridgehead atoms. The van der Waals surface area contributed by atoms with E-state index in [2.05, 4.69) is 20.7 Å². The normalized spacial score (nSPS) is 10.9. The Labute approximate surface area is 145 Å². The number of halogens is 6. The summed E-state index contributed by atoms with van der Waals surface area (Å²) in [4.78, 5) is 0. The summed E-state index contributed by atoms with van der Waals surface area (Å²) in [6.07, 6.45) is 0. The fourth-order valence-electron chi connectivity index (χ4n) is 0.799. The predicted molar refractivity (Wildman–Crippen MR) is 53.7 cm³/mol. The second kappa shape index (κ2) is 6.96. The van der Waals surface area contributed by atoms with Gasteiger partial charge in [-0.25, -0.2) is 4.39 Å². The summed E-state index contributed by atoms with van der Waals surface area (Å²) in [5.74, 6) is -1.05. The first-order chi connectivity index (χ1) is 6.79. The van der Waals surface area contributed by atoms with Gasteiger partial charge in [0, 0.05) is 6.07 Å². The van der Waals surface area contributed by atoms with Crippen molar-refractivity contribution in [2.45, 2.75) is 0 Å². The molecule has 1 nitrogen and oxygen atoms in total. The molecule has 0 unspecified atom stereocenters. The Kier molecular flexibility index (Phi) is 7.49. The van der Waals surface area contributed by atoms with Crippen LogP contribution in [0.1, 0.15) is 0 Å². The molecule has 0 aliphatic rings. The third-order valence-corrected chi connectivity index (χ3v) is 2.31. The molecule has 9 heteroatoms. The van der Waals surface area contributed by atoms with Gasteiger partial charge in [-0.1, -0.05) is 11.6 Å². The summed E-state index contributed by atoms with van der Waals surface area (Å²) in [5.41, 5.74) is 0. The van der Waals surface area contributed by atoms with Crippen molar-refractivity contribution in [3.63, 3.8) is 0 Å². The van der Waals surface area contributed by atoms with Gasteiger partial charge >= 0.3 is 58.4 Å². The van der Waals surface area contributed by atoms with Gasteiger partial charge in [-0.05, 0) is 22.0 Å². The van der Waals surface area contributed by atoms with Crippen molar-refractivity contribution in [3.8, 4) is 5.75 Å². The molecular weight excluding hydrogens is 341 g/mol. The second-order valence-corrected chi connectivity index (χ2v) is 3.98. The standard InChI is InChI=1S/C7H4BBrClF4O.K/c9-4-1-5(10)6(11)2-7(4)15-3-8(12,13)14;/h1-2H,3H2;/q-1;+1. The Morgan fingerprint density at radius 2 is 1.88 bits per heavy atom. The van der Waals surface area contributed by atoms with Gasteiger partial charge in [0.25, 0.3) is 0 Å². The van der Waals surface area contributed by atoms with Gasteiger partial charge in [-0.3, -0.25) is 0 Å². The first-order valence-corrected chi connectivity index (χ1v) is 4.95. The van der Waals surface area contributed by atoms with Gasteiger partial charge in [0.1, 0.15) is 11.6 Å². The van der Waals surface area contributed by atoms with Crippen molar-refractivity contribution in [2.24, 2.45) is 0 Å². The van der Waals surface area contributed by atoms with Crippen molar-refractivity contribution in [1.82, 2.24) is 0 Å². The van der Waals surface area contributed by atoms with Crippen LogP contribution in [0.5, 0.6) is 5.75 Å². The molecular formula is C7H4BBrClF4KO. The van der Waals surface area contributed by atoms with E-state index < -0.39 is 19.3 Å². The molecule has 0 saturated carbocycles. The molecule has 0 aliphatic carbocycles. The maximum atomic E-state index is 12.9. The minimum absolute atomic E-state index is 0. The van der Waals surface area contributed by atoms with Crippen LogP contribution in [0.25, 0.3) is 0 Å². The fraction of sp³-hybridized carbons (Fsp3) is 0.143. The largest absolute Gasteiger partial charge is 1.00 e. The molecule has 1 rings (SSSR count). The van der Waals surface area contributed by atoms with Crippen LogP contribution >= 0.6 is 27.5 Å². The van der Waals surface area contributed by atoms with E-state index in [0.717, 1.165) is 12.1 Å². The number of hydrogen-bond acceptors (Lipinski definition) is 1. The van der Waals surface area contributed by atoms with E-state index in [9.17, 15) is 17.3 Å². The molecule has 0 radical (unpaired) electrons. The average Bonchev–Trinajstić information content (AvgIpc) is 2.07. The summed E-state index contributed by atoms with van der Waals surface area (Å²) >= 11 is 8.31. The van der Waals surface area contributed by atoms with Gasteiger partial charge in [-0.15, -0.1) is 0 Å². The topological polar surface area (TPSA) is 9.23 Å². The molecule has 0 aromatic heterocycles. The molecule has 16 heavy (non-hydrogen) atoms. The van der Waals surface area contributed by atoms with Crippen LogP contribution in [-0.4, -0.2) is 13.5 Å². The van der Waals surface area contributed by atoms with Crippen molar-refractivity contribution in [2.75, 3.05) is 6.51 Å². The predicted octanol–water partition coefficient (Wildman–Crippen LogP) is 1.01. The van der Waals surface area contributed by atoms with Crippen LogP contribution in [0.4, 0.5) is 17.3 Å². The molecule has 84 valence electrons. The molecule has 0 N–H and O–H groups in total. The summed E-state index contributed by atoms with van der Waals surface area (Å²) in [5, 5.41) is -0.188. The van der Waals surface area contributed by atoms with Crippen molar-refractivity contribution < 1.29 is 73.5 Å². The van der Waals surface area contributed by atoms with Crippen LogP contribution in [-0.2, 0) is 0 Å². The number of rotatable bonds is 3. The van der Waals surface area contributed by atoms with Gasteiger partial charge in [-0.2, -0.15) is 0 Å². The Bertz CT molecular complexity index is 376. The maximum Gasteiger partial charge on any atom is 1.00 e. The summed E-state index contributed by atoms with van der Waals surface area (Å²) < 4.78 is 53.0. The van der Waals surface area contributed by atoms with E-state index >= 15 is 0 Å². The van der Waals surface area contributed by atoms with E-state index in [-0.39, 0.29) is 66.6 Å². The molecule has 0 spiro atoms. The molecule has 0 saturated heterocycles. The Morgan fingerprint density at radius 1 is 1.31 bits per heavy atom. The van der Waals surface area contributed by atoms with Crippen LogP contribution in [0, 0.1) is 5.82 Å². The fourth-order valence-corrected chi connectivity index (χ4v) is 1.55. The van der Waals surface area contributed by atoms with Gasteiger partial charge < -0.3 is 17.7 Å². The zero-order valence-electron chi connectivity index (χ0n) is 8.12. The Hall–Kier alpha value is 1.21. The summed E-state index contributed by atoms with van der Waals surface area (Å²) in [6.45, 7) is -6.48. The Balaban J connectivity index is 0.00000225. The zero-order valence-corrected chi connectivity index (χ0v) is 13.6. The molecule has 0 aliphatic heterocycles. The first kappa shape index (κ1) is 17.2. The van der Waals surface area contributed by atoms with Crippen LogP contribution < -0.4 is 56.1 Å². The first-order valence-electron chi connectivity index (χ1n) is 3.78. The molecule has 0 heterocycles. The van der Waals surface area contributed by atoms with E-state index in [1.54, 1.807) is 0 Å². The monoisotopic (exact) mass is 344 g/mol. The molecule has 0 fully saturated rings. The minimum atomic E-state index is -5.06. The molecule has 0 atom stereocenters. The van der Waals surface area contributed by atoms with Crippen LogP contribution in [0.15, 0.2) is 16.6 Å². The Morgan fingerprint density at radius 3 is 2.38 bits per heavy atom. The minimum Gasteiger partial charge on any atom is -0.520 e. The van der Waals surface area contributed by atoms with Gasteiger partial charge in [0.15, 0.2) is 0 Å². The van der Waals surface area contributed by atoms with E-state index in [0.29, 0.717) is 0 Å². The summed E-state index contributed by atoms with van der Waals surface area (Å²) in [6, 6.07) is 1.93. The van der Waals surface area contributed by atoms with Crippen molar-refractivity contribution in [3.05, 3.63) is 27.4 Å². The number of hydrogen-bond donors (Lipinski definition) is 0. The molecule has 1 aromatic rings. The van der Waals surface area contributed by atoms with Crippen molar-refractivity contribution in [1.29, 1.82) is 0 Å². The van der Waals surface area contributed by atoms with E-state index in [1.165, 1.54) is 0 Å². The quantitative estimate of drug-likeness (QED) is 0.451. The average molecular weight is 345 g/mol. The van der Waals surface area contributed by atoms with Crippen molar-refractivity contribution >= 4 is 34.5 Å². The third kappa shape index (κ3) is 5.70. The van der Waals surface area contributed by atoms with Crippen LogP contribution in [0.3, 0.4) is 0 Å². The molecule has 1 aromatic carbocycles. The number of ether oxygens (including phenoxy) is 1. The number of benzene rings is 1. The molecule has 0 amide bonds. The zero-order chi connectivity index (χ0) is 11.6. The van der Waals surface area contributed by atoms with Gasteiger partial charge in [0.2, 0.25) is 0 Å². The van der Waals surface area contributed by atoms with E-state index in [1.807, 2.05) is 0 Å². The SMILES string of the molecule is Fc1cc(OC[B-](F)(F)F)c(Br)cc1Cl.[K+]. The smallest absolute Gasteiger partial charge is 0.520 e. The second-order valence-electron chi connectivity index (χ2n) is 2.72. The van der Waals surface area contributed by atoms with Gasteiger partial charge in [0.05, 0.1) is 16.0 Å². The third-order valence-electron chi connectivity index (χ3n) is 1.40.